The number of carbonyl (C=O) groups is 1. The van der Waals surface area contributed by atoms with Gasteiger partial charge < -0.3 is 5.32 Å². The van der Waals surface area contributed by atoms with Gasteiger partial charge in [0.25, 0.3) is 11.5 Å². The van der Waals surface area contributed by atoms with Gasteiger partial charge in [0.2, 0.25) is 0 Å². The van der Waals surface area contributed by atoms with Crippen molar-refractivity contribution in [2.45, 2.75) is 38.8 Å². The third-order valence-electron chi connectivity index (χ3n) is 4.98. The van der Waals surface area contributed by atoms with Crippen LogP contribution in [0.5, 0.6) is 0 Å². The highest BCUT2D eigenvalue weighted by Crippen LogP contribution is 2.30. The van der Waals surface area contributed by atoms with Gasteiger partial charge >= 0.3 is 5.69 Å². The minimum absolute atomic E-state index is 0.0447. The summed E-state index contributed by atoms with van der Waals surface area (Å²) in [6, 6.07) is 9.53. The molecule has 0 bridgehead atoms. The van der Waals surface area contributed by atoms with E-state index >= 15 is 0 Å². The van der Waals surface area contributed by atoms with Crippen LogP contribution in [0.1, 0.15) is 47.3 Å². The number of hydrogen-bond donors (Lipinski definition) is 2. The van der Waals surface area contributed by atoms with Crippen molar-refractivity contribution in [2.75, 3.05) is 0 Å². The monoisotopic (exact) mass is 364 g/mol. The van der Waals surface area contributed by atoms with Gasteiger partial charge in [0.1, 0.15) is 5.65 Å². The van der Waals surface area contributed by atoms with E-state index in [-0.39, 0.29) is 17.3 Å². The molecule has 1 aromatic carbocycles. The molecule has 1 aliphatic rings. The molecule has 2 N–H and O–H groups in total. The molecule has 2 aromatic heterocycles. The fourth-order valence-electron chi connectivity index (χ4n) is 3.67. The van der Waals surface area contributed by atoms with Crippen LogP contribution >= 0.6 is 0 Å². The Morgan fingerprint density at radius 2 is 2.15 bits per heavy atom. The molecule has 0 saturated carbocycles. The highest BCUT2D eigenvalue weighted by Gasteiger charge is 2.24. The number of nitrogens with one attached hydrogen (secondary N) is 2. The van der Waals surface area contributed by atoms with E-state index in [9.17, 15) is 14.4 Å². The summed E-state index contributed by atoms with van der Waals surface area (Å²) in [6.45, 7) is 2.38. The van der Waals surface area contributed by atoms with Gasteiger partial charge in [-0.25, -0.2) is 9.78 Å². The Morgan fingerprint density at radius 1 is 1.33 bits per heavy atom. The Morgan fingerprint density at radius 3 is 2.96 bits per heavy atom. The fraction of sp³-hybridized carbons (Fsp3) is 0.300. The van der Waals surface area contributed by atoms with E-state index in [1.807, 2.05) is 25.1 Å². The first-order chi connectivity index (χ1) is 13.1. The summed E-state index contributed by atoms with van der Waals surface area (Å²) in [5.41, 5.74) is 1.97. The minimum atomic E-state index is -0.532. The molecule has 0 aliphatic heterocycles. The lowest BCUT2D eigenvalue weighted by molar-refractivity contribution is 0.0936. The minimum Gasteiger partial charge on any atom is -0.345 e. The van der Waals surface area contributed by atoms with Gasteiger partial charge in [-0.15, -0.1) is 0 Å². The van der Waals surface area contributed by atoms with Crippen molar-refractivity contribution in [3.05, 3.63) is 74.1 Å². The Balaban J connectivity index is 1.67. The summed E-state index contributed by atoms with van der Waals surface area (Å²) in [6.07, 6.45) is 3.93. The van der Waals surface area contributed by atoms with Crippen LogP contribution in [-0.4, -0.2) is 20.4 Å². The molecule has 2 heterocycles. The maximum absolute atomic E-state index is 12.7. The van der Waals surface area contributed by atoms with Crippen molar-refractivity contribution >= 4 is 16.9 Å². The lowest BCUT2D eigenvalue weighted by Crippen LogP contribution is -2.32. The first-order valence-corrected chi connectivity index (χ1v) is 9.10. The smallest absolute Gasteiger partial charge is 0.329 e. The molecule has 0 unspecified atom stereocenters. The van der Waals surface area contributed by atoms with Crippen molar-refractivity contribution < 1.29 is 4.79 Å². The summed E-state index contributed by atoms with van der Waals surface area (Å²) >= 11 is 0. The molecular weight excluding hydrogens is 344 g/mol. The van der Waals surface area contributed by atoms with E-state index in [0.29, 0.717) is 17.8 Å². The van der Waals surface area contributed by atoms with E-state index in [2.05, 4.69) is 21.4 Å². The lowest BCUT2D eigenvalue weighted by Gasteiger charge is -2.14. The summed E-state index contributed by atoms with van der Waals surface area (Å²) in [4.78, 5) is 43.4. The number of carbonyl (C=O) groups excluding carboxylic acids is 1. The number of nitrogens with zero attached hydrogens (tertiary/aromatic N) is 2. The third kappa shape index (κ3) is 3.05. The molecule has 1 aliphatic carbocycles. The molecule has 1 atom stereocenters. The quantitative estimate of drug-likeness (QED) is 0.739. The summed E-state index contributed by atoms with van der Waals surface area (Å²) in [5.74, 6) is -0.279. The van der Waals surface area contributed by atoms with Crippen LogP contribution in [-0.2, 0) is 13.0 Å². The van der Waals surface area contributed by atoms with Crippen LogP contribution in [0.25, 0.3) is 11.0 Å². The number of fused-ring (bicyclic) bond motifs is 2. The van der Waals surface area contributed by atoms with Crippen LogP contribution < -0.4 is 16.6 Å². The lowest BCUT2D eigenvalue weighted by atomic mass is 10.1. The number of rotatable bonds is 4. The molecule has 7 heteroatoms. The normalized spacial score (nSPS) is 15.7. The fourth-order valence-corrected chi connectivity index (χ4v) is 3.67. The predicted molar refractivity (Wildman–Crippen MR) is 102 cm³/mol. The standard InChI is InChI=1S/C20H20N4O3/c1-2-9-24-17-15(19(26)23-20(24)27)10-13(11-21-17)18(25)22-16-8-7-12-5-3-4-6-14(12)16/h3-6,10-11,16H,2,7-9H2,1H3,(H,22,25)(H,23,26,27)/t16-/m0/s1. The van der Waals surface area contributed by atoms with Crippen LogP contribution in [0, 0.1) is 0 Å². The molecular formula is C20H20N4O3. The van der Waals surface area contributed by atoms with Crippen molar-refractivity contribution in [1.82, 2.24) is 19.9 Å². The number of H-pyrrole nitrogens is 1. The summed E-state index contributed by atoms with van der Waals surface area (Å²) < 4.78 is 1.42. The number of pyridine rings is 1. The van der Waals surface area contributed by atoms with Crippen LogP contribution in [0.4, 0.5) is 0 Å². The summed E-state index contributed by atoms with van der Waals surface area (Å²) in [5, 5.41) is 3.27. The maximum Gasteiger partial charge on any atom is 0.329 e. The number of benzene rings is 1. The maximum atomic E-state index is 12.7. The Bertz CT molecular complexity index is 1150. The Kier molecular flexibility index (Phi) is 4.35. The second-order valence-electron chi connectivity index (χ2n) is 6.77. The highest BCUT2D eigenvalue weighted by molar-refractivity contribution is 5.97. The van der Waals surface area contributed by atoms with Gasteiger partial charge in [-0.1, -0.05) is 31.2 Å². The Hall–Kier alpha value is -3.22. The number of aromatic nitrogens is 3. The molecule has 0 spiro atoms. The SMILES string of the molecule is CCCn1c(=O)[nH]c(=O)c2cc(C(=O)N[C@H]3CCc4ccccc43)cnc21. The van der Waals surface area contributed by atoms with E-state index in [1.165, 1.54) is 22.4 Å². The number of hydrogen-bond acceptors (Lipinski definition) is 4. The zero-order chi connectivity index (χ0) is 19.0. The van der Waals surface area contributed by atoms with Crippen molar-refractivity contribution in [3.63, 3.8) is 0 Å². The van der Waals surface area contributed by atoms with E-state index in [4.69, 9.17) is 0 Å². The van der Waals surface area contributed by atoms with Gasteiger partial charge in [0, 0.05) is 12.7 Å². The van der Waals surface area contributed by atoms with Gasteiger partial charge in [0.05, 0.1) is 17.0 Å². The Labute approximate surface area is 155 Å². The molecule has 27 heavy (non-hydrogen) atoms. The second-order valence-corrected chi connectivity index (χ2v) is 6.77. The average molecular weight is 364 g/mol. The largest absolute Gasteiger partial charge is 0.345 e. The van der Waals surface area contributed by atoms with Crippen molar-refractivity contribution in [2.24, 2.45) is 0 Å². The van der Waals surface area contributed by atoms with Gasteiger partial charge in [-0.3, -0.25) is 19.1 Å². The highest BCUT2D eigenvalue weighted by atomic mass is 16.2. The second kappa shape index (κ2) is 6.83. The van der Waals surface area contributed by atoms with Gasteiger partial charge in [-0.2, -0.15) is 0 Å². The topological polar surface area (TPSA) is 96.9 Å². The molecule has 4 rings (SSSR count). The zero-order valence-electron chi connectivity index (χ0n) is 15.0. The molecule has 3 aromatic rings. The zero-order valence-corrected chi connectivity index (χ0v) is 15.0. The van der Waals surface area contributed by atoms with E-state index in [0.717, 1.165) is 24.8 Å². The van der Waals surface area contributed by atoms with Crippen LogP contribution in [0.2, 0.25) is 0 Å². The van der Waals surface area contributed by atoms with Gasteiger partial charge in [-0.05, 0) is 36.5 Å². The first-order valence-electron chi connectivity index (χ1n) is 9.10. The number of aryl methyl sites for hydroxylation is 2. The third-order valence-corrected chi connectivity index (χ3v) is 4.98. The predicted octanol–water partition coefficient (Wildman–Crippen LogP) is 1.91. The molecule has 0 radical (unpaired) electrons. The number of amides is 1. The van der Waals surface area contributed by atoms with Crippen molar-refractivity contribution in [1.29, 1.82) is 0 Å². The van der Waals surface area contributed by atoms with Crippen molar-refractivity contribution in [3.8, 4) is 0 Å². The summed E-state index contributed by atoms with van der Waals surface area (Å²) in [7, 11) is 0. The molecule has 0 fully saturated rings. The first kappa shape index (κ1) is 17.2. The van der Waals surface area contributed by atoms with E-state index < -0.39 is 11.2 Å². The molecule has 0 saturated heterocycles. The van der Waals surface area contributed by atoms with Crippen LogP contribution in [0.3, 0.4) is 0 Å². The molecule has 138 valence electrons. The van der Waals surface area contributed by atoms with Crippen LogP contribution in [0.15, 0.2) is 46.1 Å². The number of aromatic amines is 1. The van der Waals surface area contributed by atoms with Gasteiger partial charge in [0.15, 0.2) is 0 Å². The average Bonchev–Trinajstić information content (AvgIpc) is 3.08. The van der Waals surface area contributed by atoms with E-state index in [1.54, 1.807) is 0 Å². The molecule has 7 nitrogen and oxygen atoms in total. The molecule has 1 amide bonds.